The minimum atomic E-state index is -4.33. The molecule has 1 saturated heterocycles. The summed E-state index contributed by atoms with van der Waals surface area (Å²) < 4.78 is 75.1. The van der Waals surface area contributed by atoms with Gasteiger partial charge in [-0.15, -0.1) is 0 Å². The summed E-state index contributed by atoms with van der Waals surface area (Å²) in [7, 11) is -4.18. The molecule has 330 valence electrons. The molecule has 0 radical (unpaired) electrons. The van der Waals surface area contributed by atoms with E-state index >= 15 is 13.6 Å². The molecule has 14 nitrogen and oxygen atoms in total. The number of hydrogen-bond acceptors (Lipinski definition) is 9. The number of halogens is 3. The second-order valence-electron chi connectivity index (χ2n) is 17.9. The molecule has 2 aliphatic heterocycles. The van der Waals surface area contributed by atoms with Gasteiger partial charge in [-0.25, -0.2) is 13.2 Å². The first kappa shape index (κ1) is 45.3. The molecule has 60 heavy (non-hydrogen) atoms. The molecule has 1 aromatic carbocycles. The molecule has 8 atom stereocenters. The fraction of sp³-hybridized carbons (Fsp3) is 0.643. The van der Waals surface area contributed by atoms with Gasteiger partial charge in [0.05, 0.1) is 10.9 Å². The Morgan fingerprint density at radius 3 is 2.43 bits per heavy atom. The van der Waals surface area contributed by atoms with E-state index in [-0.39, 0.29) is 58.4 Å². The van der Waals surface area contributed by atoms with Crippen molar-refractivity contribution in [2.24, 2.45) is 17.8 Å². The fourth-order valence-corrected chi connectivity index (χ4v) is 10.1. The Kier molecular flexibility index (Phi) is 12.2. The van der Waals surface area contributed by atoms with E-state index in [1.165, 1.54) is 13.0 Å². The summed E-state index contributed by atoms with van der Waals surface area (Å²) in [5.41, 5.74) is -4.56. The van der Waals surface area contributed by atoms with Crippen LogP contribution in [0.3, 0.4) is 0 Å². The van der Waals surface area contributed by atoms with E-state index in [9.17, 15) is 27.9 Å². The highest BCUT2D eigenvalue weighted by atomic mass is 35.5. The standard InChI is InChI=1S/C42H56ClF2N5O9S/c1-9-26(6)49(38(54)55)33-25(5)19-24(4)13-10-11-14-27-21-41(27,37(53)48-60(56,57)39(7)17-18-39)47-34(51)31-22-40(8,42(44,45)50(31)36(33)52)59-35-28-15-12-16-30(43)29(28)20-32(46-35)58-23(2)3/h11-12,14-16,20,23-27,31,33H,9-10,13,17-19,21-22H2,1-8H3,(H,47,51)(H,48,53)(H,54,55)/b14-11-/t24-,25+,26?,27+,31-,33-,40+,41+/m0/s1. The molecule has 0 bridgehead atoms. The molecule has 6 rings (SSSR count). The van der Waals surface area contributed by atoms with Crippen LogP contribution in [0.15, 0.2) is 36.4 Å². The van der Waals surface area contributed by atoms with Crippen molar-refractivity contribution in [1.82, 2.24) is 24.8 Å². The van der Waals surface area contributed by atoms with Gasteiger partial charge in [0.1, 0.15) is 17.6 Å². The maximum Gasteiger partial charge on any atom is 0.408 e. The third-order valence-electron chi connectivity index (χ3n) is 12.8. The lowest BCUT2D eigenvalue weighted by Crippen LogP contribution is -2.64. The summed E-state index contributed by atoms with van der Waals surface area (Å²) in [5, 5.41) is 14.1. The number of aromatic nitrogens is 1. The molecule has 2 saturated carbocycles. The first-order valence-electron chi connectivity index (χ1n) is 20.6. The second kappa shape index (κ2) is 16.2. The Morgan fingerprint density at radius 1 is 1.13 bits per heavy atom. The molecule has 4 aliphatic rings. The minimum absolute atomic E-state index is 0.0126. The Bertz CT molecular complexity index is 2190. The maximum atomic E-state index is 17.8. The van der Waals surface area contributed by atoms with E-state index in [2.05, 4.69) is 15.0 Å². The van der Waals surface area contributed by atoms with Crippen LogP contribution in [0, 0.1) is 17.8 Å². The van der Waals surface area contributed by atoms with Gasteiger partial charge in [-0.2, -0.15) is 13.8 Å². The largest absolute Gasteiger partial charge is 0.475 e. The highest BCUT2D eigenvalue weighted by Crippen LogP contribution is 2.52. The lowest BCUT2D eigenvalue weighted by molar-refractivity contribution is -0.219. The number of pyridine rings is 1. The summed E-state index contributed by atoms with van der Waals surface area (Å²) in [4.78, 5) is 62.4. The van der Waals surface area contributed by atoms with Crippen LogP contribution in [0.5, 0.6) is 11.8 Å². The van der Waals surface area contributed by atoms with Crippen molar-refractivity contribution >= 4 is 56.2 Å². The quantitative estimate of drug-likeness (QED) is 0.165. The van der Waals surface area contributed by atoms with Gasteiger partial charge in [0.15, 0.2) is 5.60 Å². The molecular weight excluding hydrogens is 824 g/mol. The number of carbonyl (C=O) groups is 4. The topological polar surface area (TPSA) is 185 Å². The number of fused-ring (bicyclic) bond motifs is 3. The van der Waals surface area contributed by atoms with Gasteiger partial charge < -0.3 is 19.9 Å². The van der Waals surface area contributed by atoms with Crippen LogP contribution in [0.2, 0.25) is 5.02 Å². The van der Waals surface area contributed by atoms with E-state index in [0.717, 1.165) is 11.8 Å². The number of sulfonamides is 1. The van der Waals surface area contributed by atoms with Crippen LogP contribution < -0.4 is 19.5 Å². The van der Waals surface area contributed by atoms with Gasteiger partial charge in [0.2, 0.25) is 27.7 Å². The Balaban J connectivity index is 1.50. The molecular formula is C42H56ClF2N5O9S. The van der Waals surface area contributed by atoms with Crippen LogP contribution in [-0.2, 0) is 24.4 Å². The predicted molar refractivity (Wildman–Crippen MR) is 220 cm³/mol. The molecule has 0 spiro atoms. The van der Waals surface area contributed by atoms with Gasteiger partial charge >= 0.3 is 12.1 Å². The molecule has 4 amide bonds. The van der Waals surface area contributed by atoms with Crippen molar-refractivity contribution in [2.75, 3.05) is 0 Å². The summed E-state index contributed by atoms with van der Waals surface area (Å²) in [6, 6.07) is -2.55. The van der Waals surface area contributed by atoms with Crippen LogP contribution in [0.4, 0.5) is 13.6 Å². The summed E-state index contributed by atoms with van der Waals surface area (Å²) in [6.45, 7) is 12.9. The predicted octanol–water partition coefficient (Wildman–Crippen LogP) is 7.04. The van der Waals surface area contributed by atoms with Gasteiger partial charge in [0, 0.05) is 40.2 Å². The lowest BCUT2D eigenvalue weighted by atomic mass is 9.86. The van der Waals surface area contributed by atoms with Crippen LogP contribution in [0.1, 0.15) is 107 Å². The second-order valence-corrected chi connectivity index (χ2v) is 20.5. The zero-order valence-electron chi connectivity index (χ0n) is 35.3. The summed E-state index contributed by atoms with van der Waals surface area (Å²) >= 11 is 6.55. The van der Waals surface area contributed by atoms with E-state index < -0.39 is 92.2 Å². The fourth-order valence-electron chi connectivity index (χ4n) is 8.56. The summed E-state index contributed by atoms with van der Waals surface area (Å²) in [6.07, 6.45) is 3.05. The Hall–Kier alpha value is -4.25. The van der Waals surface area contributed by atoms with E-state index in [1.54, 1.807) is 58.9 Å². The van der Waals surface area contributed by atoms with Crippen molar-refractivity contribution < 1.29 is 51.0 Å². The monoisotopic (exact) mass is 879 g/mol. The number of allylic oxidation sites excluding steroid dienone is 1. The Morgan fingerprint density at radius 2 is 1.82 bits per heavy atom. The smallest absolute Gasteiger partial charge is 0.408 e. The SMILES string of the molecule is CCC(C)N(C(=O)O)[C@@H]1C(=O)N2[C@@H](C[C@@](C)(Oc3nc(OC(C)C)cc4c(Cl)cccc34)C2(F)F)C(=O)N[C@]2(C(=O)NS(=O)(=O)C3(C)CC3)C[C@H]2/C=C\CC[C@H](C)C[C@H]1C. The molecule has 18 heteroatoms. The molecule has 1 aromatic heterocycles. The van der Waals surface area contributed by atoms with Crippen molar-refractivity contribution in [2.45, 2.75) is 153 Å². The minimum Gasteiger partial charge on any atom is -0.475 e. The Labute approximate surface area is 354 Å². The van der Waals surface area contributed by atoms with E-state index in [0.29, 0.717) is 31.1 Å². The number of amides is 4. The van der Waals surface area contributed by atoms with Gasteiger partial charge in [-0.05, 0) is 104 Å². The number of rotatable bonds is 10. The number of carbonyl (C=O) groups excluding carboxylic acids is 3. The molecule has 2 aromatic rings. The summed E-state index contributed by atoms with van der Waals surface area (Å²) in [5.74, 6) is -5.42. The zero-order valence-corrected chi connectivity index (χ0v) is 36.8. The van der Waals surface area contributed by atoms with E-state index in [1.807, 2.05) is 13.0 Å². The number of alkyl halides is 2. The molecule has 3 fully saturated rings. The average Bonchev–Trinajstić information content (AvgIpc) is 4.06. The van der Waals surface area contributed by atoms with Crippen molar-refractivity contribution in [3.8, 4) is 11.8 Å². The molecule has 1 unspecified atom stereocenters. The number of hydrogen-bond donors (Lipinski definition) is 3. The number of benzene rings is 1. The van der Waals surface area contributed by atoms with Crippen LogP contribution in [-0.4, -0.2) is 98.3 Å². The van der Waals surface area contributed by atoms with E-state index in [4.69, 9.17) is 21.1 Å². The third kappa shape index (κ3) is 8.24. The number of ether oxygens (including phenoxy) is 2. The van der Waals surface area contributed by atoms with Crippen LogP contribution >= 0.6 is 11.6 Å². The molecule has 3 heterocycles. The van der Waals surface area contributed by atoms with Gasteiger partial charge in [-0.1, -0.05) is 50.6 Å². The average molecular weight is 880 g/mol. The van der Waals surface area contributed by atoms with Gasteiger partial charge in [0.25, 0.3) is 11.8 Å². The zero-order chi connectivity index (χ0) is 44.3. The maximum absolute atomic E-state index is 17.8. The lowest BCUT2D eigenvalue weighted by Gasteiger charge is -2.42. The van der Waals surface area contributed by atoms with Crippen molar-refractivity contribution in [3.05, 3.63) is 41.4 Å². The number of carboxylic acid groups (broad SMARTS) is 1. The normalized spacial score (nSPS) is 31.1. The first-order valence-corrected chi connectivity index (χ1v) is 22.5. The van der Waals surface area contributed by atoms with Crippen LogP contribution in [0.25, 0.3) is 10.8 Å². The molecule has 2 aliphatic carbocycles. The molecule has 3 N–H and O–H groups in total. The van der Waals surface area contributed by atoms with Crippen molar-refractivity contribution in [3.63, 3.8) is 0 Å². The van der Waals surface area contributed by atoms with Crippen molar-refractivity contribution in [1.29, 1.82) is 0 Å². The first-order chi connectivity index (χ1) is 27.9. The third-order valence-corrected chi connectivity index (χ3v) is 15.2. The highest BCUT2D eigenvalue weighted by Gasteiger charge is 2.71. The highest BCUT2D eigenvalue weighted by molar-refractivity contribution is 7.91. The number of nitrogens with zero attached hydrogens (tertiary/aromatic N) is 3. The van der Waals surface area contributed by atoms with Gasteiger partial charge in [-0.3, -0.25) is 28.9 Å². The number of nitrogens with one attached hydrogen (secondary N) is 2.